The molecular formula is C14H11BrClNO. The molecule has 0 saturated heterocycles. The molecule has 1 aromatic carbocycles. The summed E-state index contributed by atoms with van der Waals surface area (Å²) in [6.07, 6.45) is 2.01. The minimum Gasteiger partial charge on any atom is -0.294 e. The van der Waals surface area contributed by atoms with Crippen molar-refractivity contribution in [3.05, 3.63) is 62.8 Å². The van der Waals surface area contributed by atoms with Crippen LogP contribution in [0.15, 0.2) is 41.0 Å². The lowest BCUT2D eigenvalue weighted by Crippen LogP contribution is -2.06. The average Bonchev–Trinajstić information content (AvgIpc) is 2.35. The van der Waals surface area contributed by atoms with Crippen molar-refractivity contribution in [1.82, 2.24) is 4.98 Å². The lowest BCUT2D eigenvalue weighted by atomic mass is 10.0. The van der Waals surface area contributed by atoms with Crippen LogP contribution in [0.1, 0.15) is 21.6 Å². The van der Waals surface area contributed by atoms with Gasteiger partial charge in [0.15, 0.2) is 5.78 Å². The molecule has 18 heavy (non-hydrogen) atoms. The van der Waals surface area contributed by atoms with Gasteiger partial charge < -0.3 is 0 Å². The van der Waals surface area contributed by atoms with Gasteiger partial charge in [-0.25, -0.2) is 0 Å². The van der Waals surface area contributed by atoms with E-state index in [0.717, 1.165) is 15.7 Å². The van der Waals surface area contributed by atoms with Crippen LogP contribution in [0.3, 0.4) is 0 Å². The van der Waals surface area contributed by atoms with Crippen LogP contribution < -0.4 is 0 Å². The number of halogens is 2. The fourth-order valence-electron chi connectivity index (χ4n) is 1.63. The van der Waals surface area contributed by atoms with Gasteiger partial charge in [0, 0.05) is 16.2 Å². The van der Waals surface area contributed by atoms with Crippen LogP contribution in [0, 0.1) is 6.92 Å². The molecule has 0 N–H and O–H groups in total. The van der Waals surface area contributed by atoms with E-state index in [4.69, 9.17) is 11.6 Å². The molecule has 0 bridgehead atoms. The lowest BCUT2D eigenvalue weighted by molar-refractivity contribution is 0.0991. The highest BCUT2D eigenvalue weighted by Gasteiger charge is 2.11. The average molecular weight is 325 g/mol. The number of pyridine rings is 1. The summed E-state index contributed by atoms with van der Waals surface area (Å²) in [7, 11) is 0. The van der Waals surface area contributed by atoms with E-state index in [1.807, 2.05) is 19.1 Å². The number of ketones is 1. The van der Waals surface area contributed by atoms with Crippen molar-refractivity contribution in [1.29, 1.82) is 0 Å². The number of aryl methyl sites for hydroxylation is 1. The molecule has 0 radical (unpaired) electrons. The number of rotatable bonds is 3. The zero-order valence-electron chi connectivity index (χ0n) is 9.78. The molecule has 0 aliphatic carbocycles. The van der Waals surface area contributed by atoms with E-state index in [9.17, 15) is 4.79 Å². The van der Waals surface area contributed by atoms with E-state index in [1.165, 1.54) is 0 Å². The lowest BCUT2D eigenvalue weighted by Gasteiger charge is -2.05. The van der Waals surface area contributed by atoms with Crippen molar-refractivity contribution >= 4 is 33.3 Å². The van der Waals surface area contributed by atoms with Crippen molar-refractivity contribution in [2.75, 3.05) is 0 Å². The zero-order valence-corrected chi connectivity index (χ0v) is 12.1. The SMILES string of the molecule is Cc1cccnc1CC(=O)c1ccc(Cl)c(Br)c1. The second-order valence-electron chi connectivity index (χ2n) is 4.00. The van der Waals surface area contributed by atoms with Crippen LogP contribution in [0.4, 0.5) is 0 Å². The molecule has 2 rings (SSSR count). The van der Waals surface area contributed by atoms with Gasteiger partial charge in [-0.15, -0.1) is 0 Å². The van der Waals surface area contributed by atoms with Gasteiger partial charge in [0.1, 0.15) is 0 Å². The van der Waals surface area contributed by atoms with E-state index in [0.29, 0.717) is 17.0 Å². The maximum absolute atomic E-state index is 12.1. The highest BCUT2D eigenvalue weighted by Crippen LogP contribution is 2.24. The Balaban J connectivity index is 2.22. The van der Waals surface area contributed by atoms with E-state index in [1.54, 1.807) is 24.4 Å². The number of nitrogens with zero attached hydrogens (tertiary/aromatic N) is 1. The summed E-state index contributed by atoms with van der Waals surface area (Å²) >= 11 is 9.21. The largest absolute Gasteiger partial charge is 0.294 e. The first kappa shape index (κ1) is 13.2. The molecule has 0 spiro atoms. The summed E-state index contributed by atoms with van der Waals surface area (Å²) in [5.41, 5.74) is 2.48. The van der Waals surface area contributed by atoms with Gasteiger partial charge in [0.05, 0.1) is 17.1 Å². The first-order chi connectivity index (χ1) is 8.58. The van der Waals surface area contributed by atoms with Gasteiger partial charge in [0.2, 0.25) is 0 Å². The van der Waals surface area contributed by atoms with Gasteiger partial charge in [-0.1, -0.05) is 17.7 Å². The minimum atomic E-state index is 0.0363. The number of benzene rings is 1. The maximum atomic E-state index is 12.1. The van der Waals surface area contributed by atoms with E-state index >= 15 is 0 Å². The van der Waals surface area contributed by atoms with E-state index < -0.39 is 0 Å². The molecule has 0 atom stereocenters. The normalized spacial score (nSPS) is 10.4. The summed E-state index contributed by atoms with van der Waals surface area (Å²) in [5.74, 6) is 0.0363. The monoisotopic (exact) mass is 323 g/mol. The van der Waals surface area contributed by atoms with Gasteiger partial charge in [0.25, 0.3) is 0 Å². The Labute approximate surface area is 119 Å². The molecule has 92 valence electrons. The summed E-state index contributed by atoms with van der Waals surface area (Å²) in [6, 6.07) is 9.00. The third-order valence-corrected chi connectivity index (χ3v) is 3.90. The van der Waals surface area contributed by atoms with Crippen LogP contribution in [-0.2, 0) is 6.42 Å². The van der Waals surface area contributed by atoms with Gasteiger partial charge in [-0.3, -0.25) is 9.78 Å². The number of Topliss-reactive ketones (excluding diaryl/α,β-unsaturated/α-hetero) is 1. The van der Waals surface area contributed by atoms with E-state index in [-0.39, 0.29) is 5.78 Å². The molecule has 0 saturated carbocycles. The Kier molecular flexibility index (Phi) is 4.15. The second-order valence-corrected chi connectivity index (χ2v) is 5.26. The highest BCUT2D eigenvalue weighted by atomic mass is 79.9. The van der Waals surface area contributed by atoms with Crippen LogP contribution in [0.25, 0.3) is 0 Å². The minimum absolute atomic E-state index is 0.0363. The predicted molar refractivity (Wildman–Crippen MR) is 76.2 cm³/mol. The molecule has 1 aromatic heterocycles. The predicted octanol–water partition coefficient (Wildman–Crippen LogP) is 4.23. The first-order valence-electron chi connectivity index (χ1n) is 5.46. The number of carbonyl (C=O) groups excluding carboxylic acids is 1. The fraction of sp³-hybridized carbons (Fsp3) is 0.143. The molecule has 1 heterocycles. The number of aromatic nitrogens is 1. The maximum Gasteiger partial charge on any atom is 0.168 e. The molecular weight excluding hydrogens is 314 g/mol. The Bertz CT molecular complexity index is 598. The Hall–Kier alpha value is -1.19. The fourth-order valence-corrected chi connectivity index (χ4v) is 2.12. The molecule has 0 unspecified atom stereocenters. The van der Waals surface area contributed by atoms with Gasteiger partial charge >= 0.3 is 0 Å². The molecule has 0 amide bonds. The van der Waals surface area contributed by atoms with Crippen LogP contribution in [0.2, 0.25) is 5.02 Å². The molecule has 4 heteroatoms. The zero-order chi connectivity index (χ0) is 13.1. The molecule has 0 aliphatic heterocycles. The third kappa shape index (κ3) is 2.98. The van der Waals surface area contributed by atoms with Crippen molar-refractivity contribution in [2.24, 2.45) is 0 Å². The number of carbonyl (C=O) groups is 1. The summed E-state index contributed by atoms with van der Waals surface area (Å²) < 4.78 is 0.729. The van der Waals surface area contributed by atoms with Crippen molar-refractivity contribution in [2.45, 2.75) is 13.3 Å². The topological polar surface area (TPSA) is 30.0 Å². The third-order valence-electron chi connectivity index (χ3n) is 2.69. The van der Waals surface area contributed by atoms with Crippen molar-refractivity contribution in [3.8, 4) is 0 Å². The molecule has 2 aromatic rings. The smallest absolute Gasteiger partial charge is 0.168 e. The highest BCUT2D eigenvalue weighted by molar-refractivity contribution is 9.10. The van der Waals surface area contributed by atoms with E-state index in [2.05, 4.69) is 20.9 Å². The Morgan fingerprint density at radius 2 is 2.17 bits per heavy atom. The van der Waals surface area contributed by atoms with Crippen LogP contribution in [-0.4, -0.2) is 10.8 Å². The summed E-state index contributed by atoms with van der Waals surface area (Å²) in [4.78, 5) is 16.4. The molecule has 0 fully saturated rings. The summed E-state index contributed by atoms with van der Waals surface area (Å²) in [5, 5.41) is 0.598. The number of hydrogen-bond donors (Lipinski definition) is 0. The molecule has 2 nitrogen and oxygen atoms in total. The quantitative estimate of drug-likeness (QED) is 0.791. The number of hydrogen-bond acceptors (Lipinski definition) is 2. The van der Waals surface area contributed by atoms with Crippen molar-refractivity contribution < 1.29 is 4.79 Å². The first-order valence-corrected chi connectivity index (χ1v) is 6.64. The second kappa shape index (κ2) is 5.63. The van der Waals surface area contributed by atoms with Gasteiger partial charge in [-0.2, -0.15) is 0 Å². The van der Waals surface area contributed by atoms with Crippen LogP contribution in [0.5, 0.6) is 0 Å². The Morgan fingerprint density at radius 1 is 1.39 bits per heavy atom. The Morgan fingerprint density at radius 3 is 2.83 bits per heavy atom. The van der Waals surface area contributed by atoms with Crippen LogP contribution >= 0.6 is 27.5 Å². The van der Waals surface area contributed by atoms with Gasteiger partial charge in [-0.05, 0) is 52.7 Å². The van der Waals surface area contributed by atoms with Crippen molar-refractivity contribution in [3.63, 3.8) is 0 Å². The standard InChI is InChI=1S/C14H11BrClNO/c1-9-3-2-6-17-13(9)8-14(18)10-4-5-12(16)11(15)7-10/h2-7H,8H2,1H3. The molecule has 0 aliphatic rings. The summed E-state index contributed by atoms with van der Waals surface area (Å²) in [6.45, 7) is 1.95.